The Hall–Kier alpha value is -0.780. The van der Waals surface area contributed by atoms with Gasteiger partial charge in [-0.2, -0.15) is 0 Å². The molecule has 0 fully saturated rings. The van der Waals surface area contributed by atoms with Crippen LogP contribution in [-0.4, -0.2) is 32.8 Å². The Morgan fingerprint density at radius 3 is 1.48 bits per heavy atom. The number of rotatable bonds is 2. The number of methoxy groups -OCH3 is 2. The molecule has 0 saturated carbocycles. The highest BCUT2D eigenvalue weighted by molar-refractivity contribution is 7.83. The highest BCUT2D eigenvalue weighted by Crippen LogP contribution is 2.64. The highest BCUT2D eigenvalue weighted by Gasteiger charge is 2.45. The van der Waals surface area contributed by atoms with E-state index in [1.165, 1.54) is 32.9 Å². The molecule has 2 aromatic rings. The molecule has 2 nitrogen and oxygen atoms in total. The van der Waals surface area contributed by atoms with Crippen LogP contribution in [0.15, 0.2) is 36.4 Å². The lowest BCUT2D eigenvalue weighted by Crippen LogP contribution is -2.38. The van der Waals surface area contributed by atoms with Crippen LogP contribution in [0.2, 0.25) is 0 Å². The first-order chi connectivity index (χ1) is 13.1. The van der Waals surface area contributed by atoms with Gasteiger partial charge < -0.3 is 9.47 Å². The summed E-state index contributed by atoms with van der Waals surface area (Å²) in [6.45, 7) is 8.69. The molecule has 0 spiro atoms. The van der Waals surface area contributed by atoms with Crippen molar-refractivity contribution in [2.24, 2.45) is 0 Å². The summed E-state index contributed by atoms with van der Waals surface area (Å²) in [7, 11) is 2.46. The maximum Gasteiger partial charge on any atom is 0.212 e. The van der Waals surface area contributed by atoms with Gasteiger partial charge in [0, 0.05) is 14.2 Å². The van der Waals surface area contributed by atoms with Crippen LogP contribution < -0.4 is 10.6 Å². The van der Waals surface area contributed by atoms with Crippen LogP contribution in [0.1, 0.15) is 36.1 Å². The summed E-state index contributed by atoms with van der Waals surface area (Å²) < 4.78 is 12.4. The molecule has 2 aromatic carbocycles. The molecule has 0 saturated heterocycles. The van der Waals surface area contributed by atoms with Crippen LogP contribution in [-0.2, 0) is 35.2 Å². The van der Waals surface area contributed by atoms with Gasteiger partial charge in [0.1, 0.15) is 0 Å². The smallest absolute Gasteiger partial charge is 0.212 e. The van der Waals surface area contributed by atoms with E-state index in [1.54, 1.807) is 0 Å². The fourth-order valence-electron chi connectivity index (χ4n) is 4.30. The van der Waals surface area contributed by atoms with Crippen LogP contribution in [0.5, 0.6) is 0 Å². The molecule has 27 heavy (non-hydrogen) atoms. The van der Waals surface area contributed by atoms with Crippen molar-refractivity contribution < 1.29 is 9.47 Å². The molecule has 0 N–H and O–H groups in total. The first-order valence-electron chi connectivity index (χ1n) is 9.90. The predicted molar refractivity (Wildman–Crippen MR) is 121 cm³/mol. The summed E-state index contributed by atoms with van der Waals surface area (Å²) in [6, 6.07) is 14.2. The Bertz CT molecular complexity index is 735. The van der Waals surface area contributed by atoms with E-state index in [-0.39, 0.29) is 0 Å². The normalized spacial score (nSPS) is 22.4. The minimum atomic E-state index is -0.594. The van der Waals surface area contributed by atoms with Gasteiger partial charge in [-0.1, -0.05) is 50.2 Å². The third-order valence-electron chi connectivity index (χ3n) is 5.77. The first-order valence-corrected chi connectivity index (χ1v) is 13.5. The second-order valence-electron chi connectivity index (χ2n) is 7.00. The second-order valence-corrected chi connectivity index (χ2v) is 11.7. The standard InChI is InChI=1S/C21H26O2P2.C2H6/c1-22-21(23-2)24(3)19-13-15-5-9-17(19)11-7-16-6-10-18(12-8-15)20(14-16)25(21)4;1-2/h5-6,9-10,13-14H,7-8,11-12H2,1-4H3;1-2H3. The van der Waals surface area contributed by atoms with Crippen molar-refractivity contribution in [3.05, 3.63) is 58.7 Å². The third-order valence-corrected chi connectivity index (χ3v) is 12.3. The van der Waals surface area contributed by atoms with Crippen molar-refractivity contribution >= 4 is 26.5 Å². The summed E-state index contributed by atoms with van der Waals surface area (Å²) >= 11 is 0. The van der Waals surface area contributed by atoms with Gasteiger partial charge in [-0.15, -0.1) is 0 Å². The zero-order valence-corrected chi connectivity index (χ0v) is 19.3. The lowest BCUT2D eigenvalue weighted by molar-refractivity contribution is -0.0715. The number of ether oxygens (including phenoxy) is 2. The molecule has 2 heterocycles. The molecular weight excluding hydrogens is 370 g/mol. The summed E-state index contributed by atoms with van der Waals surface area (Å²) in [5, 5.41) is 2.42. The lowest BCUT2D eigenvalue weighted by atomic mass is 9.96. The average molecular weight is 402 g/mol. The largest absolute Gasteiger partial charge is 0.346 e. The number of hydrogen-bond acceptors (Lipinski definition) is 2. The molecule has 0 radical (unpaired) electrons. The van der Waals surface area contributed by atoms with Crippen LogP contribution in [0, 0.1) is 0 Å². The molecular formula is C23H32O2P2. The zero-order chi connectivity index (χ0) is 19.6. The van der Waals surface area contributed by atoms with Gasteiger partial charge in [-0.05, 0) is 87.7 Å². The van der Waals surface area contributed by atoms with Crippen molar-refractivity contribution in [1.29, 1.82) is 0 Å². The van der Waals surface area contributed by atoms with E-state index in [0.717, 1.165) is 25.7 Å². The molecule has 0 amide bonds. The third kappa shape index (κ3) is 3.63. The maximum absolute atomic E-state index is 6.19. The summed E-state index contributed by atoms with van der Waals surface area (Å²) in [6.07, 6.45) is 4.40. The van der Waals surface area contributed by atoms with Crippen LogP contribution >= 0.6 is 15.8 Å². The van der Waals surface area contributed by atoms with Crippen LogP contribution in [0.3, 0.4) is 0 Å². The van der Waals surface area contributed by atoms with Crippen molar-refractivity contribution in [2.45, 2.75) is 44.8 Å². The zero-order valence-electron chi connectivity index (χ0n) is 17.5. The van der Waals surface area contributed by atoms with Gasteiger partial charge in [0.05, 0.1) is 0 Å². The Morgan fingerprint density at radius 1 is 0.704 bits per heavy atom. The SMILES string of the molecule is CC.COC1(OC)P(C)c2cc3ccc2CCc2ccc(c(c2)P1C)CC3. The van der Waals surface area contributed by atoms with Gasteiger partial charge in [-0.25, -0.2) is 0 Å². The highest BCUT2D eigenvalue weighted by atomic mass is 31.2. The van der Waals surface area contributed by atoms with Gasteiger partial charge in [-0.3, -0.25) is 0 Å². The van der Waals surface area contributed by atoms with Crippen molar-refractivity contribution in [3.8, 4) is 0 Å². The maximum atomic E-state index is 6.19. The molecule has 2 aliphatic rings. The van der Waals surface area contributed by atoms with E-state index < -0.39 is 21.1 Å². The number of hydrogen-bond donors (Lipinski definition) is 0. The van der Waals surface area contributed by atoms with Crippen molar-refractivity contribution in [1.82, 2.24) is 0 Å². The van der Waals surface area contributed by atoms with Crippen molar-refractivity contribution in [3.63, 3.8) is 0 Å². The predicted octanol–water partition coefficient (Wildman–Crippen LogP) is 4.99. The number of fused-ring (bicyclic) bond motifs is 4. The number of aryl methyl sites for hydroxylation is 4. The molecule has 4 bridgehead atoms. The number of benzene rings is 2. The fraction of sp³-hybridized carbons (Fsp3) is 0.478. The molecule has 2 unspecified atom stereocenters. The fourth-order valence-corrected chi connectivity index (χ4v) is 10.4. The second kappa shape index (κ2) is 8.71. The van der Waals surface area contributed by atoms with E-state index in [1.807, 2.05) is 28.1 Å². The van der Waals surface area contributed by atoms with Gasteiger partial charge in [0.25, 0.3) is 0 Å². The minimum absolute atomic E-state index is 0.528. The Labute approximate surface area is 167 Å². The molecule has 2 atom stereocenters. The first kappa shape index (κ1) is 20.9. The average Bonchev–Trinajstić information content (AvgIpc) is 2.71. The van der Waals surface area contributed by atoms with E-state index in [4.69, 9.17) is 9.47 Å². The van der Waals surface area contributed by atoms with Crippen LogP contribution in [0.25, 0.3) is 0 Å². The Morgan fingerprint density at radius 2 is 1.11 bits per heavy atom. The van der Waals surface area contributed by atoms with Crippen molar-refractivity contribution in [2.75, 3.05) is 27.5 Å². The lowest BCUT2D eigenvalue weighted by Gasteiger charge is -2.43. The van der Waals surface area contributed by atoms with E-state index >= 15 is 0 Å². The monoisotopic (exact) mass is 402 g/mol. The molecule has 4 rings (SSSR count). The molecule has 4 heteroatoms. The van der Waals surface area contributed by atoms with E-state index in [0.29, 0.717) is 0 Å². The molecule has 2 aliphatic heterocycles. The molecule has 146 valence electrons. The van der Waals surface area contributed by atoms with Crippen LogP contribution in [0.4, 0.5) is 0 Å². The summed E-state index contributed by atoms with van der Waals surface area (Å²) in [5.74, 6) is 0. The Kier molecular flexibility index (Phi) is 6.75. The van der Waals surface area contributed by atoms with Gasteiger partial charge in [0.2, 0.25) is 5.27 Å². The summed E-state index contributed by atoms with van der Waals surface area (Å²) in [4.78, 5) is 0. The van der Waals surface area contributed by atoms with Gasteiger partial charge >= 0.3 is 0 Å². The van der Waals surface area contributed by atoms with Gasteiger partial charge in [0.15, 0.2) is 0 Å². The molecule has 0 aliphatic carbocycles. The van der Waals surface area contributed by atoms with E-state index in [2.05, 4.69) is 49.7 Å². The Balaban J connectivity index is 0.00000102. The summed E-state index contributed by atoms with van der Waals surface area (Å²) in [5.41, 5.74) is 5.80. The minimum Gasteiger partial charge on any atom is -0.346 e. The quantitative estimate of drug-likeness (QED) is 0.521. The topological polar surface area (TPSA) is 18.5 Å². The molecule has 0 aromatic heterocycles. The van der Waals surface area contributed by atoms with E-state index in [9.17, 15) is 0 Å².